The van der Waals surface area contributed by atoms with Crippen LogP contribution in [0.15, 0.2) is 84.9 Å². The van der Waals surface area contributed by atoms with Gasteiger partial charge in [0.25, 0.3) is 0 Å². The lowest BCUT2D eigenvalue weighted by molar-refractivity contribution is -0.118. The van der Waals surface area contributed by atoms with Crippen molar-refractivity contribution in [3.05, 3.63) is 96.1 Å². The highest BCUT2D eigenvalue weighted by Gasteiger charge is 2.16. The van der Waals surface area contributed by atoms with Crippen molar-refractivity contribution in [1.82, 2.24) is 0 Å². The van der Waals surface area contributed by atoms with Gasteiger partial charge in [-0.05, 0) is 41.8 Å². The number of aryl methyl sites for hydroxylation is 1. The topological polar surface area (TPSA) is 29.5 Å². The Balaban J connectivity index is 1.77. The molecule has 0 aromatic heterocycles. The Labute approximate surface area is 154 Å². The largest absolute Gasteiger partial charge is 0.497 e. The normalized spacial score (nSPS) is 10.3. The quantitative estimate of drug-likeness (QED) is 0.612. The highest BCUT2D eigenvalue weighted by Crippen LogP contribution is 2.22. The van der Waals surface area contributed by atoms with Crippen LogP contribution in [-0.4, -0.2) is 13.0 Å². The lowest BCUT2D eigenvalue weighted by Crippen LogP contribution is -2.30. The van der Waals surface area contributed by atoms with Crippen LogP contribution in [0.5, 0.6) is 5.75 Å². The summed E-state index contributed by atoms with van der Waals surface area (Å²) in [6.45, 7) is 0.556. The number of benzene rings is 3. The molecule has 0 atom stereocenters. The molecule has 0 bridgehead atoms. The van der Waals surface area contributed by atoms with Crippen molar-refractivity contribution in [3.63, 3.8) is 0 Å². The summed E-state index contributed by atoms with van der Waals surface area (Å²) < 4.78 is 5.23. The van der Waals surface area contributed by atoms with Crippen LogP contribution >= 0.6 is 0 Å². The van der Waals surface area contributed by atoms with E-state index in [-0.39, 0.29) is 5.91 Å². The summed E-state index contributed by atoms with van der Waals surface area (Å²) in [5.74, 6) is 0.896. The molecule has 3 rings (SSSR count). The van der Waals surface area contributed by atoms with Crippen LogP contribution in [0.2, 0.25) is 0 Å². The molecule has 0 radical (unpaired) electrons. The van der Waals surface area contributed by atoms with Crippen molar-refractivity contribution in [2.24, 2.45) is 0 Å². The molecule has 0 unspecified atom stereocenters. The Kier molecular flexibility index (Phi) is 6.05. The van der Waals surface area contributed by atoms with Gasteiger partial charge in [0.2, 0.25) is 5.91 Å². The van der Waals surface area contributed by atoms with Gasteiger partial charge in [-0.25, -0.2) is 0 Å². The van der Waals surface area contributed by atoms with E-state index in [1.807, 2.05) is 77.7 Å². The van der Waals surface area contributed by atoms with E-state index in [0.29, 0.717) is 13.0 Å². The van der Waals surface area contributed by atoms with Crippen LogP contribution < -0.4 is 9.64 Å². The number of carbonyl (C=O) groups is 1. The van der Waals surface area contributed by atoms with Gasteiger partial charge in [-0.3, -0.25) is 4.79 Å². The predicted octanol–water partition coefficient (Wildman–Crippen LogP) is 4.86. The van der Waals surface area contributed by atoms with Gasteiger partial charge in [0, 0.05) is 12.1 Å². The Morgan fingerprint density at radius 3 is 1.96 bits per heavy atom. The second-order valence-corrected chi connectivity index (χ2v) is 6.15. The van der Waals surface area contributed by atoms with E-state index in [9.17, 15) is 4.79 Å². The zero-order valence-electron chi connectivity index (χ0n) is 15.0. The molecule has 132 valence electrons. The lowest BCUT2D eigenvalue weighted by atomic mass is 10.1. The fourth-order valence-electron chi connectivity index (χ4n) is 2.88. The smallest absolute Gasteiger partial charge is 0.227 e. The van der Waals surface area contributed by atoms with Crippen molar-refractivity contribution < 1.29 is 9.53 Å². The molecule has 0 fully saturated rings. The molecule has 3 nitrogen and oxygen atoms in total. The number of hydrogen-bond donors (Lipinski definition) is 0. The minimum Gasteiger partial charge on any atom is -0.497 e. The minimum atomic E-state index is 0.114. The number of anilines is 1. The fourth-order valence-corrected chi connectivity index (χ4v) is 2.88. The highest BCUT2D eigenvalue weighted by atomic mass is 16.5. The molecule has 0 spiro atoms. The van der Waals surface area contributed by atoms with Gasteiger partial charge in [-0.1, -0.05) is 60.7 Å². The molecule has 0 saturated heterocycles. The molecule has 0 aliphatic heterocycles. The SMILES string of the molecule is COc1ccc(N(Cc2ccccc2)C(=O)CCc2ccccc2)cc1. The summed E-state index contributed by atoms with van der Waals surface area (Å²) >= 11 is 0. The van der Waals surface area contributed by atoms with Gasteiger partial charge in [0.15, 0.2) is 0 Å². The first-order valence-electron chi connectivity index (χ1n) is 8.78. The minimum absolute atomic E-state index is 0.114. The third kappa shape index (κ3) is 4.73. The van der Waals surface area contributed by atoms with Crippen molar-refractivity contribution in [1.29, 1.82) is 0 Å². The average Bonchev–Trinajstić information content (AvgIpc) is 2.72. The number of hydrogen-bond acceptors (Lipinski definition) is 2. The molecule has 1 amide bonds. The van der Waals surface area contributed by atoms with Crippen LogP contribution in [0.1, 0.15) is 17.5 Å². The first-order valence-corrected chi connectivity index (χ1v) is 8.78. The summed E-state index contributed by atoms with van der Waals surface area (Å²) in [5, 5.41) is 0. The first-order chi connectivity index (χ1) is 12.8. The van der Waals surface area contributed by atoms with Gasteiger partial charge in [-0.2, -0.15) is 0 Å². The van der Waals surface area contributed by atoms with E-state index in [1.165, 1.54) is 5.56 Å². The molecular weight excluding hydrogens is 322 g/mol. The van der Waals surface area contributed by atoms with E-state index in [0.717, 1.165) is 23.4 Å². The second kappa shape index (κ2) is 8.86. The molecule has 0 aliphatic rings. The molecule has 3 aromatic carbocycles. The number of nitrogens with zero attached hydrogens (tertiary/aromatic N) is 1. The number of methoxy groups -OCH3 is 1. The molecule has 0 heterocycles. The second-order valence-electron chi connectivity index (χ2n) is 6.15. The number of rotatable bonds is 7. The van der Waals surface area contributed by atoms with Gasteiger partial charge in [-0.15, -0.1) is 0 Å². The van der Waals surface area contributed by atoms with Gasteiger partial charge < -0.3 is 9.64 Å². The van der Waals surface area contributed by atoms with E-state index in [1.54, 1.807) is 7.11 Å². The van der Waals surface area contributed by atoms with Crippen LogP contribution in [0.4, 0.5) is 5.69 Å². The lowest BCUT2D eigenvalue weighted by Gasteiger charge is -2.23. The third-order valence-corrected chi connectivity index (χ3v) is 4.34. The van der Waals surface area contributed by atoms with Crippen molar-refractivity contribution >= 4 is 11.6 Å². The highest BCUT2D eigenvalue weighted by molar-refractivity contribution is 5.93. The van der Waals surface area contributed by atoms with E-state index in [4.69, 9.17) is 4.74 Å². The maximum Gasteiger partial charge on any atom is 0.227 e. The van der Waals surface area contributed by atoms with Crippen molar-refractivity contribution in [2.75, 3.05) is 12.0 Å². The summed E-state index contributed by atoms with van der Waals surface area (Å²) in [5.41, 5.74) is 3.17. The van der Waals surface area contributed by atoms with Crippen LogP contribution in [0.3, 0.4) is 0 Å². The van der Waals surface area contributed by atoms with Crippen molar-refractivity contribution in [2.45, 2.75) is 19.4 Å². The van der Waals surface area contributed by atoms with Crippen molar-refractivity contribution in [3.8, 4) is 5.75 Å². The van der Waals surface area contributed by atoms with Crippen LogP contribution in [-0.2, 0) is 17.8 Å². The van der Waals surface area contributed by atoms with E-state index in [2.05, 4.69) is 12.1 Å². The molecule has 0 saturated carbocycles. The average molecular weight is 345 g/mol. The van der Waals surface area contributed by atoms with Gasteiger partial charge >= 0.3 is 0 Å². The molecular formula is C23H23NO2. The fraction of sp³-hybridized carbons (Fsp3) is 0.174. The standard InChI is InChI=1S/C23H23NO2/c1-26-22-15-13-21(14-16-22)24(18-20-10-6-3-7-11-20)23(25)17-12-19-8-4-2-5-9-19/h2-11,13-16H,12,17-18H2,1H3. The van der Waals surface area contributed by atoms with E-state index < -0.39 is 0 Å². The zero-order chi connectivity index (χ0) is 18.2. The summed E-state index contributed by atoms with van der Waals surface area (Å²) in [6.07, 6.45) is 1.21. The summed E-state index contributed by atoms with van der Waals surface area (Å²) in [6, 6.07) is 27.8. The monoisotopic (exact) mass is 345 g/mol. The molecule has 0 N–H and O–H groups in total. The number of amides is 1. The number of carbonyl (C=O) groups excluding carboxylic acids is 1. The Morgan fingerprint density at radius 2 is 1.38 bits per heavy atom. The molecule has 3 aromatic rings. The molecule has 0 aliphatic carbocycles. The Morgan fingerprint density at radius 1 is 0.808 bits per heavy atom. The Hall–Kier alpha value is -3.07. The van der Waals surface area contributed by atoms with Crippen LogP contribution in [0.25, 0.3) is 0 Å². The Bertz CT molecular complexity index is 814. The van der Waals surface area contributed by atoms with Gasteiger partial charge in [0.1, 0.15) is 5.75 Å². The summed E-state index contributed by atoms with van der Waals surface area (Å²) in [4.78, 5) is 14.8. The number of ether oxygens (including phenoxy) is 1. The van der Waals surface area contributed by atoms with E-state index >= 15 is 0 Å². The molecule has 3 heteroatoms. The zero-order valence-corrected chi connectivity index (χ0v) is 15.0. The predicted molar refractivity (Wildman–Crippen MR) is 105 cm³/mol. The van der Waals surface area contributed by atoms with Crippen LogP contribution in [0, 0.1) is 0 Å². The molecule has 26 heavy (non-hydrogen) atoms. The first kappa shape index (κ1) is 17.7. The maximum atomic E-state index is 13.0. The van der Waals surface area contributed by atoms with Gasteiger partial charge in [0.05, 0.1) is 13.7 Å². The maximum absolute atomic E-state index is 13.0. The summed E-state index contributed by atoms with van der Waals surface area (Å²) in [7, 11) is 1.64. The third-order valence-electron chi connectivity index (χ3n) is 4.34.